The Hall–Kier alpha value is -2.08. The zero-order valence-electron chi connectivity index (χ0n) is 10.3. The van der Waals surface area contributed by atoms with Crippen molar-refractivity contribution in [3.05, 3.63) is 34.3 Å². The molecule has 1 aromatic heterocycles. The number of hydrogen-bond acceptors (Lipinski definition) is 4. The van der Waals surface area contributed by atoms with Gasteiger partial charge in [-0.2, -0.15) is 0 Å². The van der Waals surface area contributed by atoms with E-state index in [1.54, 1.807) is 25.2 Å². The lowest BCUT2D eigenvalue weighted by molar-refractivity contribution is -0.148. The number of nitrogens with zero attached hydrogens (tertiary/aromatic N) is 1. The predicted octanol–water partition coefficient (Wildman–Crippen LogP) is 1.03. The summed E-state index contributed by atoms with van der Waals surface area (Å²) in [5, 5.41) is 19.4. The summed E-state index contributed by atoms with van der Waals surface area (Å²) >= 11 is 0. The maximum atomic E-state index is 11.4. The Balaban J connectivity index is 2.09. The molecule has 1 atom stereocenters. The van der Waals surface area contributed by atoms with E-state index >= 15 is 0 Å². The van der Waals surface area contributed by atoms with E-state index in [2.05, 4.69) is 0 Å². The SMILES string of the molecule is Cn1c(=O)oc2ccc(C(O)C3(C(=O)O)CC3)cc21. The van der Waals surface area contributed by atoms with Crippen LogP contribution in [0.5, 0.6) is 0 Å². The number of carboxylic acid groups (broad SMARTS) is 1. The number of fused-ring (bicyclic) bond motifs is 1. The van der Waals surface area contributed by atoms with Crippen LogP contribution in [0.25, 0.3) is 11.1 Å². The number of aliphatic carboxylic acids is 1. The number of rotatable bonds is 3. The van der Waals surface area contributed by atoms with Crippen molar-refractivity contribution in [2.75, 3.05) is 0 Å². The molecule has 0 radical (unpaired) electrons. The molecule has 0 spiro atoms. The van der Waals surface area contributed by atoms with Crippen molar-refractivity contribution in [1.29, 1.82) is 0 Å². The number of aromatic nitrogens is 1. The van der Waals surface area contributed by atoms with Crippen LogP contribution < -0.4 is 5.76 Å². The number of aliphatic hydroxyl groups excluding tert-OH is 1. The van der Waals surface area contributed by atoms with Gasteiger partial charge in [-0.1, -0.05) is 6.07 Å². The number of carboxylic acids is 1. The van der Waals surface area contributed by atoms with E-state index in [0.29, 0.717) is 29.5 Å². The van der Waals surface area contributed by atoms with E-state index in [0.717, 1.165) is 0 Å². The molecule has 1 fully saturated rings. The van der Waals surface area contributed by atoms with Crippen LogP contribution in [-0.4, -0.2) is 20.7 Å². The van der Waals surface area contributed by atoms with Crippen LogP contribution in [-0.2, 0) is 11.8 Å². The second kappa shape index (κ2) is 3.71. The van der Waals surface area contributed by atoms with Crippen molar-refractivity contribution in [3.63, 3.8) is 0 Å². The van der Waals surface area contributed by atoms with E-state index in [4.69, 9.17) is 4.42 Å². The summed E-state index contributed by atoms with van der Waals surface area (Å²) < 4.78 is 6.32. The Morgan fingerprint density at radius 2 is 2.16 bits per heavy atom. The molecular weight excluding hydrogens is 250 g/mol. The lowest BCUT2D eigenvalue weighted by atomic mass is 9.93. The molecule has 1 aromatic carbocycles. The molecule has 100 valence electrons. The lowest BCUT2D eigenvalue weighted by Crippen LogP contribution is -2.23. The molecule has 0 saturated heterocycles. The highest BCUT2D eigenvalue weighted by atomic mass is 16.4. The van der Waals surface area contributed by atoms with Crippen molar-refractivity contribution < 1.29 is 19.4 Å². The highest BCUT2D eigenvalue weighted by Crippen LogP contribution is 2.55. The topological polar surface area (TPSA) is 92.7 Å². The first-order valence-electron chi connectivity index (χ1n) is 5.97. The molecule has 2 N–H and O–H groups in total. The van der Waals surface area contributed by atoms with Crippen molar-refractivity contribution in [2.24, 2.45) is 12.5 Å². The number of hydrogen-bond donors (Lipinski definition) is 2. The molecule has 1 unspecified atom stereocenters. The molecule has 6 heteroatoms. The van der Waals surface area contributed by atoms with E-state index in [1.807, 2.05) is 0 Å². The van der Waals surface area contributed by atoms with Gasteiger partial charge in [0.05, 0.1) is 17.0 Å². The molecule has 1 heterocycles. The highest BCUT2D eigenvalue weighted by molar-refractivity contribution is 5.80. The summed E-state index contributed by atoms with van der Waals surface area (Å²) in [5.74, 6) is -1.47. The van der Waals surface area contributed by atoms with E-state index < -0.39 is 23.2 Å². The van der Waals surface area contributed by atoms with Crippen LogP contribution in [0.4, 0.5) is 0 Å². The molecule has 1 aliphatic rings. The van der Waals surface area contributed by atoms with Crippen LogP contribution in [0.1, 0.15) is 24.5 Å². The van der Waals surface area contributed by atoms with Gasteiger partial charge in [0.15, 0.2) is 5.58 Å². The second-order valence-corrected chi connectivity index (χ2v) is 5.02. The summed E-state index contributed by atoms with van der Waals surface area (Å²) in [6, 6.07) is 4.78. The minimum atomic E-state index is -1.07. The van der Waals surface area contributed by atoms with Gasteiger partial charge >= 0.3 is 11.7 Å². The normalized spacial score (nSPS) is 18.4. The van der Waals surface area contributed by atoms with Crippen LogP contribution >= 0.6 is 0 Å². The van der Waals surface area contributed by atoms with Gasteiger partial charge in [-0.3, -0.25) is 9.36 Å². The number of oxazole rings is 1. The smallest absolute Gasteiger partial charge is 0.419 e. The molecule has 6 nitrogen and oxygen atoms in total. The number of benzene rings is 1. The van der Waals surface area contributed by atoms with Crippen LogP contribution in [0.3, 0.4) is 0 Å². The zero-order valence-corrected chi connectivity index (χ0v) is 10.3. The fourth-order valence-corrected chi connectivity index (χ4v) is 2.37. The maximum absolute atomic E-state index is 11.4. The first-order chi connectivity index (χ1) is 8.95. The molecule has 3 rings (SSSR count). The monoisotopic (exact) mass is 263 g/mol. The molecule has 0 aliphatic heterocycles. The molecule has 2 aromatic rings. The Labute approximate surface area is 107 Å². The maximum Gasteiger partial charge on any atom is 0.419 e. The number of carbonyl (C=O) groups is 1. The van der Waals surface area contributed by atoms with Crippen molar-refractivity contribution >= 4 is 17.1 Å². The van der Waals surface area contributed by atoms with Crippen LogP contribution in [0, 0.1) is 5.41 Å². The lowest BCUT2D eigenvalue weighted by Gasteiger charge is -2.18. The van der Waals surface area contributed by atoms with E-state index in [9.17, 15) is 19.8 Å². The van der Waals surface area contributed by atoms with Gasteiger partial charge in [0.1, 0.15) is 0 Å². The molecule has 19 heavy (non-hydrogen) atoms. The Bertz CT molecular complexity index is 722. The van der Waals surface area contributed by atoms with Gasteiger partial charge in [-0.05, 0) is 30.5 Å². The third-order valence-electron chi connectivity index (χ3n) is 3.87. The third kappa shape index (κ3) is 1.60. The van der Waals surface area contributed by atoms with Gasteiger partial charge in [0, 0.05) is 7.05 Å². The first kappa shape index (κ1) is 12.0. The summed E-state index contributed by atoms with van der Waals surface area (Å²) in [6.45, 7) is 0. The Morgan fingerprint density at radius 1 is 1.47 bits per heavy atom. The van der Waals surface area contributed by atoms with Gasteiger partial charge in [-0.25, -0.2) is 4.79 Å². The quantitative estimate of drug-likeness (QED) is 0.862. The number of aryl methyl sites for hydroxylation is 1. The first-order valence-corrected chi connectivity index (χ1v) is 5.97. The van der Waals surface area contributed by atoms with Crippen molar-refractivity contribution in [1.82, 2.24) is 4.57 Å². The van der Waals surface area contributed by atoms with Gasteiger partial charge < -0.3 is 14.6 Å². The standard InChI is InChI=1S/C13H13NO5/c1-14-8-6-7(2-3-9(8)19-12(14)18)10(15)13(4-5-13)11(16)17/h2-3,6,10,15H,4-5H2,1H3,(H,16,17). The molecule has 0 amide bonds. The number of aliphatic hydroxyl groups is 1. The highest BCUT2D eigenvalue weighted by Gasteiger charge is 2.56. The van der Waals surface area contributed by atoms with E-state index in [-0.39, 0.29) is 0 Å². The minimum Gasteiger partial charge on any atom is -0.481 e. The average molecular weight is 263 g/mol. The molecule has 1 saturated carbocycles. The van der Waals surface area contributed by atoms with Crippen molar-refractivity contribution in [2.45, 2.75) is 18.9 Å². The summed E-state index contributed by atoms with van der Waals surface area (Å²) in [7, 11) is 1.56. The molecule has 0 bridgehead atoms. The van der Waals surface area contributed by atoms with Crippen molar-refractivity contribution in [3.8, 4) is 0 Å². The van der Waals surface area contributed by atoms with Gasteiger partial charge in [0.2, 0.25) is 0 Å². The largest absolute Gasteiger partial charge is 0.481 e. The summed E-state index contributed by atoms with van der Waals surface area (Å²) in [4.78, 5) is 22.6. The third-order valence-corrected chi connectivity index (χ3v) is 3.87. The molecular formula is C13H13NO5. The van der Waals surface area contributed by atoms with Crippen LogP contribution in [0.2, 0.25) is 0 Å². The fraction of sp³-hybridized carbons (Fsp3) is 0.385. The van der Waals surface area contributed by atoms with Gasteiger partial charge in [0.25, 0.3) is 0 Å². The Morgan fingerprint density at radius 3 is 2.74 bits per heavy atom. The average Bonchev–Trinajstić information content (AvgIpc) is 3.14. The van der Waals surface area contributed by atoms with Gasteiger partial charge in [-0.15, -0.1) is 0 Å². The predicted molar refractivity (Wildman–Crippen MR) is 65.7 cm³/mol. The second-order valence-electron chi connectivity index (χ2n) is 5.02. The molecule has 1 aliphatic carbocycles. The summed E-state index contributed by atoms with van der Waals surface area (Å²) in [5.41, 5.74) is 0.381. The Kier molecular flexibility index (Phi) is 2.34. The minimum absolute atomic E-state index is 0.420. The fourth-order valence-electron chi connectivity index (χ4n) is 2.37. The summed E-state index contributed by atoms with van der Waals surface area (Å²) in [6.07, 6.45) is -0.142. The van der Waals surface area contributed by atoms with E-state index in [1.165, 1.54) is 4.57 Å². The van der Waals surface area contributed by atoms with Crippen LogP contribution in [0.15, 0.2) is 27.4 Å². The zero-order chi connectivity index (χ0) is 13.8.